The van der Waals surface area contributed by atoms with E-state index in [-0.39, 0.29) is 18.1 Å². The molecule has 0 spiro atoms. The van der Waals surface area contributed by atoms with Gasteiger partial charge in [0.2, 0.25) is 5.91 Å². The largest absolute Gasteiger partial charge is 0.359 e. The number of carbonyl (C=O) groups is 2. The molecule has 1 amide bonds. The van der Waals surface area contributed by atoms with Crippen LogP contribution in [0.2, 0.25) is 0 Å². The second kappa shape index (κ2) is 8.27. The molecule has 5 nitrogen and oxygen atoms in total. The highest BCUT2D eigenvalue weighted by Crippen LogP contribution is 2.33. The molecule has 0 atom stereocenters. The Morgan fingerprint density at radius 2 is 1.66 bits per heavy atom. The summed E-state index contributed by atoms with van der Waals surface area (Å²) in [6.07, 6.45) is 1.27. The fraction of sp³-hybridized carbons (Fsp3) is 0.208. The van der Waals surface area contributed by atoms with Crippen molar-refractivity contribution in [3.8, 4) is 11.3 Å². The fourth-order valence-electron chi connectivity index (χ4n) is 3.61. The zero-order valence-corrected chi connectivity index (χ0v) is 16.3. The topological polar surface area (TPSA) is 63.4 Å². The summed E-state index contributed by atoms with van der Waals surface area (Å²) in [4.78, 5) is 26.7. The molecule has 0 saturated heterocycles. The molecule has 29 heavy (non-hydrogen) atoms. The molecule has 1 heterocycles. The average Bonchev–Trinajstić information content (AvgIpc) is 3.36. The lowest BCUT2D eigenvalue weighted by Crippen LogP contribution is -2.26. The molecular formula is C24H22N2O3. The van der Waals surface area contributed by atoms with E-state index in [1.165, 1.54) is 0 Å². The number of nitrogens with zero attached hydrogens (tertiary/aromatic N) is 2. The number of benzene rings is 2. The van der Waals surface area contributed by atoms with Crippen LogP contribution >= 0.6 is 0 Å². The van der Waals surface area contributed by atoms with Gasteiger partial charge in [-0.3, -0.25) is 9.59 Å². The number of Topliss-reactive ketones (excluding diaryl/α,β-unsaturated/α-hetero) is 1. The molecule has 0 fully saturated rings. The minimum Gasteiger partial charge on any atom is -0.359 e. The van der Waals surface area contributed by atoms with E-state index in [0.717, 1.165) is 22.4 Å². The Balaban J connectivity index is 1.46. The predicted octanol–water partition coefficient (Wildman–Crippen LogP) is 4.51. The van der Waals surface area contributed by atoms with Gasteiger partial charge in [-0.25, -0.2) is 0 Å². The zero-order valence-electron chi connectivity index (χ0n) is 16.3. The van der Waals surface area contributed by atoms with Gasteiger partial charge in [0.25, 0.3) is 0 Å². The average molecular weight is 386 g/mol. The number of rotatable bonds is 6. The minimum absolute atomic E-state index is 0.0663. The molecule has 2 aromatic carbocycles. The summed E-state index contributed by atoms with van der Waals surface area (Å²) in [5.41, 5.74) is 4.35. The minimum atomic E-state index is -0.110. The van der Waals surface area contributed by atoms with E-state index in [2.05, 4.69) is 5.16 Å². The van der Waals surface area contributed by atoms with Crippen molar-refractivity contribution in [2.24, 2.45) is 0 Å². The number of hydrogen-bond acceptors (Lipinski definition) is 4. The van der Waals surface area contributed by atoms with Crippen LogP contribution < -0.4 is 0 Å². The number of aromatic nitrogens is 1. The number of allylic oxidation sites excluding steroid dienone is 1. The monoisotopic (exact) mass is 386 g/mol. The summed E-state index contributed by atoms with van der Waals surface area (Å²) in [5, 5.41) is 4.09. The second-order valence-electron chi connectivity index (χ2n) is 7.22. The van der Waals surface area contributed by atoms with Gasteiger partial charge in [0.05, 0.1) is 13.0 Å². The van der Waals surface area contributed by atoms with Crippen LogP contribution in [0.15, 0.2) is 76.8 Å². The molecule has 1 aromatic heterocycles. The van der Waals surface area contributed by atoms with Gasteiger partial charge in [0, 0.05) is 30.7 Å². The number of amides is 1. The van der Waals surface area contributed by atoms with Crippen LogP contribution in [0.5, 0.6) is 0 Å². The lowest BCUT2D eigenvalue weighted by atomic mass is 10.00. The van der Waals surface area contributed by atoms with Crippen molar-refractivity contribution in [3.63, 3.8) is 0 Å². The summed E-state index contributed by atoms with van der Waals surface area (Å²) in [6, 6.07) is 21.4. The van der Waals surface area contributed by atoms with E-state index in [9.17, 15) is 9.59 Å². The van der Waals surface area contributed by atoms with Crippen LogP contribution in [0.25, 0.3) is 16.8 Å². The van der Waals surface area contributed by atoms with E-state index in [1.54, 1.807) is 11.9 Å². The maximum Gasteiger partial charge on any atom is 0.227 e. The highest BCUT2D eigenvalue weighted by atomic mass is 16.5. The summed E-state index contributed by atoms with van der Waals surface area (Å²) in [5.74, 6) is 0.563. The van der Waals surface area contributed by atoms with Gasteiger partial charge < -0.3 is 9.42 Å². The van der Waals surface area contributed by atoms with E-state index in [1.807, 2.05) is 66.7 Å². The highest BCUT2D eigenvalue weighted by Gasteiger charge is 2.27. The Hall–Kier alpha value is -3.47. The summed E-state index contributed by atoms with van der Waals surface area (Å²) in [6.45, 7) is 0.306. The third-order valence-electron chi connectivity index (χ3n) is 5.20. The molecule has 3 aromatic rings. The van der Waals surface area contributed by atoms with Crippen molar-refractivity contribution in [1.29, 1.82) is 0 Å². The standard InChI is InChI=1S/C24H22N2O3/c1-26(16-19-14-22(25-29-19)18-10-6-3-7-11-18)24(28)15-21-20(12-13-23(21)27)17-8-4-2-5-9-17/h2-11,14H,12-13,15-16H2,1H3. The molecule has 0 N–H and O–H groups in total. The molecule has 146 valence electrons. The Morgan fingerprint density at radius 3 is 2.34 bits per heavy atom. The van der Waals surface area contributed by atoms with Crippen LogP contribution in [0.1, 0.15) is 30.6 Å². The highest BCUT2D eigenvalue weighted by molar-refractivity contribution is 6.10. The maximum absolute atomic E-state index is 12.8. The summed E-state index contributed by atoms with van der Waals surface area (Å²) < 4.78 is 5.40. The Morgan fingerprint density at radius 1 is 1.00 bits per heavy atom. The van der Waals surface area contributed by atoms with Crippen LogP contribution in [0.4, 0.5) is 0 Å². The lowest BCUT2D eigenvalue weighted by molar-refractivity contribution is -0.130. The van der Waals surface area contributed by atoms with Gasteiger partial charge in [0.1, 0.15) is 5.69 Å². The van der Waals surface area contributed by atoms with Gasteiger partial charge in [0.15, 0.2) is 11.5 Å². The van der Waals surface area contributed by atoms with Crippen LogP contribution in [0, 0.1) is 0 Å². The molecule has 1 aliphatic carbocycles. The van der Waals surface area contributed by atoms with Gasteiger partial charge in [-0.1, -0.05) is 65.8 Å². The van der Waals surface area contributed by atoms with Crippen molar-refractivity contribution >= 4 is 17.3 Å². The quantitative estimate of drug-likeness (QED) is 0.625. The first-order valence-corrected chi connectivity index (χ1v) is 9.67. The third kappa shape index (κ3) is 4.19. The SMILES string of the molecule is CN(Cc1cc(-c2ccccc2)no1)C(=O)CC1=C(c2ccccc2)CCC1=O. The number of ketones is 1. The Bertz CT molecular complexity index is 1050. The van der Waals surface area contributed by atoms with Gasteiger partial charge in [-0.15, -0.1) is 0 Å². The van der Waals surface area contributed by atoms with Crippen molar-refractivity contribution in [1.82, 2.24) is 10.1 Å². The second-order valence-corrected chi connectivity index (χ2v) is 7.22. The number of hydrogen-bond donors (Lipinski definition) is 0. The maximum atomic E-state index is 12.8. The van der Waals surface area contributed by atoms with E-state index < -0.39 is 0 Å². The van der Waals surface area contributed by atoms with E-state index in [4.69, 9.17) is 4.52 Å². The van der Waals surface area contributed by atoms with Crippen molar-refractivity contribution in [2.45, 2.75) is 25.8 Å². The molecule has 0 saturated carbocycles. The summed E-state index contributed by atoms with van der Waals surface area (Å²) in [7, 11) is 1.72. The zero-order chi connectivity index (χ0) is 20.2. The van der Waals surface area contributed by atoms with E-state index in [0.29, 0.717) is 30.7 Å². The first kappa shape index (κ1) is 18.9. The van der Waals surface area contributed by atoms with Gasteiger partial charge >= 0.3 is 0 Å². The molecular weight excluding hydrogens is 364 g/mol. The van der Waals surface area contributed by atoms with Crippen LogP contribution in [0.3, 0.4) is 0 Å². The molecule has 1 aliphatic rings. The van der Waals surface area contributed by atoms with Crippen LogP contribution in [-0.2, 0) is 16.1 Å². The van der Waals surface area contributed by atoms with Crippen molar-refractivity contribution in [2.75, 3.05) is 7.05 Å². The van der Waals surface area contributed by atoms with Crippen molar-refractivity contribution < 1.29 is 14.1 Å². The molecule has 0 aliphatic heterocycles. The molecule has 0 bridgehead atoms. The normalized spacial score (nSPS) is 13.8. The van der Waals surface area contributed by atoms with E-state index >= 15 is 0 Å². The summed E-state index contributed by atoms with van der Waals surface area (Å²) >= 11 is 0. The lowest BCUT2D eigenvalue weighted by Gasteiger charge is -2.16. The Labute approximate surface area is 169 Å². The van der Waals surface area contributed by atoms with Gasteiger partial charge in [-0.05, 0) is 17.6 Å². The Kier molecular flexibility index (Phi) is 5.38. The molecule has 0 unspecified atom stereocenters. The molecule has 4 rings (SSSR count). The fourth-order valence-corrected chi connectivity index (χ4v) is 3.61. The first-order valence-electron chi connectivity index (χ1n) is 9.67. The molecule has 5 heteroatoms. The van der Waals surface area contributed by atoms with Crippen LogP contribution in [-0.4, -0.2) is 28.8 Å². The van der Waals surface area contributed by atoms with Gasteiger partial charge in [-0.2, -0.15) is 0 Å². The third-order valence-corrected chi connectivity index (χ3v) is 5.20. The first-order chi connectivity index (χ1) is 14.1. The van der Waals surface area contributed by atoms with Crippen molar-refractivity contribution in [3.05, 3.63) is 83.6 Å². The predicted molar refractivity (Wildman–Crippen MR) is 111 cm³/mol. The molecule has 0 radical (unpaired) electrons. The smallest absolute Gasteiger partial charge is 0.227 e. The number of carbonyl (C=O) groups excluding carboxylic acids is 2.